The second-order valence-electron chi connectivity index (χ2n) is 13.6. The van der Waals surface area contributed by atoms with E-state index in [2.05, 4.69) is 47.3 Å². The van der Waals surface area contributed by atoms with Crippen molar-refractivity contribution in [2.75, 3.05) is 81.8 Å². The first-order chi connectivity index (χ1) is 23.8. The molecule has 0 unspecified atom stereocenters. The van der Waals surface area contributed by atoms with Crippen LogP contribution < -0.4 is 25.6 Å². The molecule has 1 aromatic carbocycles. The molecule has 0 saturated carbocycles. The SMILES string of the molecule is Cc1cc(Nc2nc(Nc3ccn4ccnc4c3P(C)(C)=O)c3cc[nH]c3n2)c(OCC(F)(F)F)cc1N1CCC(N2CCN(C)CC2)CC1. The van der Waals surface area contributed by atoms with Crippen LogP contribution in [0.5, 0.6) is 5.75 Å². The van der Waals surface area contributed by atoms with Crippen molar-refractivity contribution in [3.05, 3.63) is 54.6 Å². The van der Waals surface area contributed by atoms with Crippen LogP contribution in [0.4, 0.5) is 42.0 Å². The van der Waals surface area contributed by atoms with Gasteiger partial charge in [-0.3, -0.25) is 4.90 Å². The molecular weight excluding hydrogens is 668 g/mol. The molecule has 6 heterocycles. The van der Waals surface area contributed by atoms with Crippen molar-refractivity contribution in [1.82, 2.24) is 34.1 Å². The van der Waals surface area contributed by atoms with Crippen molar-refractivity contribution in [2.24, 2.45) is 0 Å². The third kappa shape index (κ3) is 7.26. The van der Waals surface area contributed by atoms with Crippen LogP contribution in [0.15, 0.2) is 49.1 Å². The van der Waals surface area contributed by atoms with E-state index in [1.165, 1.54) is 0 Å². The van der Waals surface area contributed by atoms with E-state index in [0.29, 0.717) is 45.2 Å². The van der Waals surface area contributed by atoms with Crippen molar-refractivity contribution in [2.45, 2.75) is 32.0 Å². The first-order valence-electron chi connectivity index (χ1n) is 16.7. The second kappa shape index (κ2) is 13.4. The highest BCUT2D eigenvalue weighted by Crippen LogP contribution is 2.41. The summed E-state index contributed by atoms with van der Waals surface area (Å²) in [5.74, 6) is 0.608. The Morgan fingerprint density at radius 2 is 1.76 bits per heavy atom. The predicted molar refractivity (Wildman–Crippen MR) is 192 cm³/mol. The summed E-state index contributed by atoms with van der Waals surface area (Å²) in [6.45, 7) is 9.73. The smallest absolute Gasteiger partial charge is 0.422 e. The van der Waals surface area contributed by atoms with Crippen LogP contribution in [0.25, 0.3) is 16.7 Å². The van der Waals surface area contributed by atoms with E-state index in [0.717, 1.165) is 63.4 Å². The number of halogens is 3. The van der Waals surface area contributed by atoms with Gasteiger partial charge in [0.05, 0.1) is 22.1 Å². The van der Waals surface area contributed by atoms with Crippen LogP contribution in [0, 0.1) is 6.92 Å². The van der Waals surface area contributed by atoms with Gasteiger partial charge in [-0.2, -0.15) is 23.1 Å². The number of aromatic amines is 1. The predicted octanol–water partition coefficient (Wildman–Crippen LogP) is 5.81. The van der Waals surface area contributed by atoms with Crippen LogP contribution in [-0.4, -0.2) is 113 Å². The number of imidazole rings is 1. The second-order valence-corrected chi connectivity index (χ2v) is 16.7. The van der Waals surface area contributed by atoms with E-state index in [9.17, 15) is 17.7 Å². The third-order valence-corrected chi connectivity index (χ3v) is 11.1. The van der Waals surface area contributed by atoms with Gasteiger partial charge in [-0.05, 0) is 63.9 Å². The maximum atomic E-state index is 13.5. The molecule has 0 amide bonds. The summed E-state index contributed by atoms with van der Waals surface area (Å²) in [4.78, 5) is 24.0. The number of benzene rings is 1. The highest BCUT2D eigenvalue weighted by molar-refractivity contribution is 7.70. The number of H-pyrrole nitrogens is 1. The Kier molecular flexibility index (Phi) is 9.16. The Bertz CT molecular complexity index is 2040. The largest absolute Gasteiger partial charge is 0.482 e. The van der Waals surface area contributed by atoms with Gasteiger partial charge in [-0.25, -0.2) is 4.98 Å². The quantitative estimate of drug-likeness (QED) is 0.162. The maximum Gasteiger partial charge on any atom is 0.422 e. The minimum Gasteiger partial charge on any atom is -0.482 e. The van der Waals surface area contributed by atoms with Crippen molar-refractivity contribution < 1.29 is 22.5 Å². The number of nitrogens with zero attached hydrogens (tertiary/aromatic N) is 7. The fourth-order valence-corrected chi connectivity index (χ4v) is 8.36. The minimum absolute atomic E-state index is 0.0544. The summed E-state index contributed by atoms with van der Waals surface area (Å²) in [6, 6.07) is 7.62. The summed E-state index contributed by atoms with van der Waals surface area (Å²) in [6.07, 6.45) is 4.44. The molecule has 2 saturated heterocycles. The number of nitrogens with one attached hydrogen (secondary N) is 3. The summed E-state index contributed by atoms with van der Waals surface area (Å²) in [5, 5.41) is 7.72. The molecule has 2 fully saturated rings. The Labute approximate surface area is 288 Å². The topological polar surface area (TPSA) is 119 Å². The molecule has 5 aromatic rings. The lowest BCUT2D eigenvalue weighted by molar-refractivity contribution is -0.153. The van der Waals surface area contributed by atoms with Crippen LogP contribution in [0.1, 0.15) is 18.4 Å². The van der Waals surface area contributed by atoms with Gasteiger partial charge in [-0.15, -0.1) is 0 Å². The number of hydrogen-bond acceptors (Lipinski definition) is 10. The molecule has 0 spiro atoms. The lowest BCUT2D eigenvalue weighted by Gasteiger charge is -2.43. The van der Waals surface area contributed by atoms with Crippen molar-refractivity contribution in [1.29, 1.82) is 0 Å². The van der Waals surface area contributed by atoms with Crippen molar-refractivity contribution in [3.8, 4) is 5.75 Å². The first-order valence-corrected chi connectivity index (χ1v) is 19.3. The number of fused-ring (bicyclic) bond motifs is 2. The molecular formula is C34H42F3N10O2P. The van der Waals surface area contributed by atoms with Gasteiger partial charge < -0.3 is 39.1 Å². The van der Waals surface area contributed by atoms with E-state index in [-0.39, 0.29) is 11.7 Å². The molecule has 50 heavy (non-hydrogen) atoms. The molecule has 0 aliphatic carbocycles. The zero-order valence-electron chi connectivity index (χ0n) is 28.6. The summed E-state index contributed by atoms with van der Waals surface area (Å²) >= 11 is 0. The average Bonchev–Trinajstić information content (AvgIpc) is 3.74. The normalized spacial score (nSPS) is 17.1. The van der Waals surface area contributed by atoms with Gasteiger partial charge in [0.15, 0.2) is 6.61 Å². The van der Waals surface area contributed by atoms with Gasteiger partial charge in [0.25, 0.3) is 0 Å². The van der Waals surface area contributed by atoms with Gasteiger partial charge >= 0.3 is 6.18 Å². The number of aryl methyl sites for hydroxylation is 1. The van der Waals surface area contributed by atoms with Crippen molar-refractivity contribution >= 4 is 58.0 Å². The number of rotatable bonds is 9. The highest BCUT2D eigenvalue weighted by atomic mass is 31.2. The van der Waals surface area contributed by atoms with E-state index < -0.39 is 19.9 Å². The number of alkyl halides is 3. The number of piperazine rings is 1. The number of anilines is 5. The fourth-order valence-electron chi connectivity index (χ4n) is 7.00. The number of likely N-dealkylation sites (N-methyl/N-ethyl adjacent to an activating group) is 1. The zero-order valence-corrected chi connectivity index (χ0v) is 29.5. The molecule has 2 aliphatic rings. The van der Waals surface area contributed by atoms with Crippen LogP contribution in [-0.2, 0) is 4.57 Å². The van der Waals surface area contributed by atoms with Gasteiger partial charge in [0.1, 0.15) is 30.0 Å². The monoisotopic (exact) mass is 710 g/mol. The minimum atomic E-state index is -4.52. The van der Waals surface area contributed by atoms with Gasteiger partial charge in [0, 0.05) is 81.9 Å². The van der Waals surface area contributed by atoms with Crippen molar-refractivity contribution in [3.63, 3.8) is 0 Å². The van der Waals surface area contributed by atoms with E-state index in [1.807, 2.05) is 29.7 Å². The van der Waals surface area contributed by atoms with Gasteiger partial charge in [-0.1, -0.05) is 0 Å². The average molecular weight is 711 g/mol. The number of pyridine rings is 1. The van der Waals surface area contributed by atoms with Crippen LogP contribution in [0.3, 0.4) is 0 Å². The molecule has 16 heteroatoms. The van der Waals surface area contributed by atoms with Crippen LogP contribution in [0.2, 0.25) is 0 Å². The van der Waals surface area contributed by atoms with E-state index in [1.54, 1.807) is 44.1 Å². The number of aromatic nitrogens is 5. The number of ether oxygens (including phenoxy) is 1. The lowest BCUT2D eigenvalue weighted by atomic mass is 10.0. The lowest BCUT2D eigenvalue weighted by Crippen LogP contribution is -2.52. The third-order valence-electron chi connectivity index (χ3n) is 9.54. The molecule has 12 nitrogen and oxygen atoms in total. The maximum absolute atomic E-state index is 13.5. The molecule has 0 radical (unpaired) electrons. The van der Waals surface area contributed by atoms with Gasteiger partial charge in [0.2, 0.25) is 5.95 Å². The molecule has 3 N–H and O–H groups in total. The number of piperidine rings is 1. The molecule has 0 bridgehead atoms. The molecule has 4 aromatic heterocycles. The molecule has 266 valence electrons. The van der Waals surface area contributed by atoms with Crippen LogP contribution >= 0.6 is 7.14 Å². The Hall–Kier alpha value is -4.33. The first kappa shape index (κ1) is 34.1. The summed E-state index contributed by atoms with van der Waals surface area (Å²) < 4.78 is 61.0. The van der Waals surface area contributed by atoms with E-state index in [4.69, 9.17) is 9.72 Å². The molecule has 2 aliphatic heterocycles. The number of hydrogen-bond donors (Lipinski definition) is 3. The Morgan fingerprint density at radius 1 is 1.00 bits per heavy atom. The van der Waals surface area contributed by atoms with E-state index >= 15 is 0 Å². The molecule has 0 atom stereocenters. The fraction of sp³-hybridized carbons (Fsp3) is 0.441. The Morgan fingerprint density at radius 3 is 2.48 bits per heavy atom. The standard InChI is InChI=1S/C34H42F3N10O2P/c1-22-19-26(28(49-21-34(35,36)37)20-27(22)46-11-6-23(7-12-46)45-17-15-44(2)16-18-45)41-33-42-30-24(5-9-38-30)31(43-33)40-25-8-13-47-14-10-39-32(47)29(25)50(3,4)48/h5,8-10,13-14,19-20,23H,6-7,11-12,15-18,21H2,1-4H3,(H3,38,40,41,42,43). The Balaban J connectivity index is 1.18. The summed E-state index contributed by atoms with van der Waals surface area (Å²) in [7, 11) is -0.661. The summed E-state index contributed by atoms with van der Waals surface area (Å²) in [5.41, 5.74) is 3.70. The zero-order chi connectivity index (χ0) is 35.2. The highest BCUT2D eigenvalue weighted by Gasteiger charge is 2.31. The molecule has 7 rings (SSSR count).